The van der Waals surface area contributed by atoms with Crippen LogP contribution in [0.3, 0.4) is 0 Å². The van der Waals surface area contributed by atoms with Crippen molar-refractivity contribution in [3.05, 3.63) is 47.5 Å². The number of thiazole rings is 1. The number of carbonyl (C=O) groups is 1. The second-order valence-electron chi connectivity index (χ2n) is 4.74. The van der Waals surface area contributed by atoms with Crippen LogP contribution in [0.25, 0.3) is 10.2 Å². The van der Waals surface area contributed by atoms with Crippen LogP contribution in [0.2, 0.25) is 0 Å². The van der Waals surface area contributed by atoms with Gasteiger partial charge >= 0.3 is 0 Å². The summed E-state index contributed by atoms with van der Waals surface area (Å²) in [4.78, 5) is 16.3. The molecule has 0 saturated heterocycles. The van der Waals surface area contributed by atoms with Gasteiger partial charge in [-0.05, 0) is 12.1 Å². The van der Waals surface area contributed by atoms with Crippen molar-refractivity contribution in [2.75, 3.05) is 19.5 Å². The highest BCUT2D eigenvalue weighted by Gasteiger charge is 2.19. The Morgan fingerprint density at radius 1 is 1.12 bits per heavy atom. The maximum atomic E-state index is 13.7. The minimum atomic E-state index is -0.933. The van der Waals surface area contributed by atoms with Crippen LogP contribution in [0.15, 0.2) is 30.3 Å². The Morgan fingerprint density at radius 3 is 2.38 bits per heavy atom. The fourth-order valence-corrected chi connectivity index (χ4v) is 3.05. The van der Waals surface area contributed by atoms with Gasteiger partial charge in [0.1, 0.15) is 17.2 Å². The van der Waals surface area contributed by atoms with Crippen LogP contribution in [0, 0.1) is 11.6 Å². The molecule has 5 nitrogen and oxygen atoms in total. The Morgan fingerprint density at radius 2 is 1.75 bits per heavy atom. The lowest BCUT2D eigenvalue weighted by Gasteiger charge is -2.05. The van der Waals surface area contributed by atoms with Crippen molar-refractivity contribution >= 4 is 32.6 Å². The molecule has 0 unspecified atom stereocenters. The van der Waals surface area contributed by atoms with Crippen LogP contribution in [-0.2, 0) is 0 Å². The van der Waals surface area contributed by atoms with Crippen LogP contribution in [-0.4, -0.2) is 25.1 Å². The summed E-state index contributed by atoms with van der Waals surface area (Å²) >= 11 is 1.16. The fourth-order valence-electron chi connectivity index (χ4n) is 2.18. The number of nitrogens with zero attached hydrogens (tertiary/aromatic N) is 1. The van der Waals surface area contributed by atoms with Crippen LogP contribution < -0.4 is 14.8 Å². The molecule has 0 fully saturated rings. The zero-order valence-electron chi connectivity index (χ0n) is 12.7. The molecule has 1 heterocycles. The first-order valence-corrected chi connectivity index (χ1v) is 7.63. The van der Waals surface area contributed by atoms with E-state index in [1.807, 2.05) is 0 Å². The molecule has 0 aliphatic heterocycles. The van der Waals surface area contributed by atoms with E-state index in [1.165, 1.54) is 20.3 Å². The van der Waals surface area contributed by atoms with Crippen molar-refractivity contribution in [2.24, 2.45) is 0 Å². The standard InChI is InChI=1S/C16H12F2N2O3S/c1-22-11-6-10-13(7-12(11)23-2)24-16(19-10)20-15(21)14-8(17)4-3-5-9(14)18/h3-7H,1-2H3,(H,19,20,21). The Labute approximate surface area is 139 Å². The van der Waals surface area contributed by atoms with Gasteiger partial charge < -0.3 is 9.47 Å². The monoisotopic (exact) mass is 350 g/mol. The van der Waals surface area contributed by atoms with Crippen LogP contribution >= 0.6 is 11.3 Å². The summed E-state index contributed by atoms with van der Waals surface area (Å²) in [6.07, 6.45) is 0. The van der Waals surface area contributed by atoms with Crippen LogP contribution in [0.1, 0.15) is 10.4 Å². The maximum absolute atomic E-state index is 13.7. The number of fused-ring (bicyclic) bond motifs is 1. The van der Waals surface area contributed by atoms with Gasteiger partial charge in [0, 0.05) is 12.1 Å². The number of rotatable bonds is 4. The summed E-state index contributed by atoms with van der Waals surface area (Å²) in [6, 6.07) is 6.60. The van der Waals surface area contributed by atoms with Crippen molar-refractivity contribution in [1.29, 1.82) is 0 Å². The molecule has 3 rings (SSSR count). The lowest BCUT2D eigenvalue weighted by atomic mass is 10.2. The molecule has 1 amide bonds. The molecule has 1 N–H and O–H groups in total. The average molecular weight is 350 g/mol. The van der Waals surface area contributed by atoms with E-state index < -0.39 is 23.1 Å². The largest absolute Gasteiger partial charge is 0.493 e. The Hall–Kier alpha value is -2.74. The summed E-state index contributed by atoms with van der Waals surface area (Å²) in [5.74, 6) is -1.75. The first-order valence-electron chi connectivity index (χ1n) is 6.81. The van der Waals surface area contributed by atoms with Gasteiger partial charge in [-0.15, -0.1) is 0 Å². The highest BCUT2D eigenvalue weighted by molar-refractivity contribution is 7.22. The number of ether oxygens (including phenoxy) is 2. The molecule has 0 spiro atoms. The molecule has 0 bridgehead atoms. The van der Waals surface area contributed by atoms with Crippen molar-refractivity contribution in [3.63, 3.8) is 0 Å². The number of nitrogens with one attached hydrogen (secondary N) is 1. The van der Waals surface area contributed by atoms with Gasteiger partial charge in [-0.25, -0.2) is 13.8 Å². The number of hydrogen-bond donors (Lipinski definition) is 1. The topological polar surface area (TPSA) is 60.5 Å². The third-order valence-corrected chi connectivity index (χ3v) is 4.24. The molecular weight excluding hydrogens is 338 g/mol. The predicted octanol–water partition coefficient (Wildman–Crippen LogP) is 3.84. The quantitative estimate of drug-likeness (QED) is 0.777. The Kier molecular flexibility index (Phi) is 4.30. The number of amides is 1. The number of hydrogen-bond acceptors (Lipinski definition) is 5. The van der Waals surface area contributed by atoms with Crippen molar-refractivity contribution in [2.45, 2.75) is 0 Å². The summed E-state index contributed by atoms with van der Waals surface area (Å²) in [5, 5.41) is 2.63. The van der Waals surface area contributed by atoms with Gasteiger partial charge in [-0.2, -0.15) is 0 Å². The van der Waals surface area contributed by atoms with Crippen LogP contribution in [0.5, 0.6) is 11.5 Å². The van der Waals surface area contributed by atoms with Crippen LogP contribution in [0.4, 0.5) is 13.9 Å². The van der Waals surface area contributed by atoms with Gasteiger partial charge in [0.05, 0.1) is 24.4 Å². The second kappa shape index (κ2) is 6.40. The third-order valence-electron chi connectivity index (χ3n) is 3.30. The molecular formula is C16H12F2N2O3S. The maximum Gasteiger partial charge on any atom is 0.263 e. The summed E-state index contributed by atoms with van der Waals surface area (Å²) in [5.41, 5.74) is -0.0751. The number of anilines is 1. The SMILES string of the molecule is COc1cc2nc(NC(=O)c3c(F)cccc3F)sc2cc1OC. The van der Waals surface area contributed by atoms with E-state index in [2.05, 4.69) is 10.3 Å². The minimum absolute atomic E-state index is 0.216. The van der Waals surface area contributed by atoms with E-state index in [0.717, 1.165) is 28.2 Å². The first-order chi connectivity index (χ1) is 11.5. The summed E-state index contributed by atoms with van der Waals surface area (Å²) in [7, 11) is 3.01. The van der Waals surface area contributed by atoms with Gasteiger partial charge in [-0.1, -0.05) is 17.4 Å². The fraction of sp³-hybridized carbons (Fsp3) is 0.125. The highest BCUT2D eigenvalue weighted by Crippen LogP contribution is 2.36. The molecule has 0 aliphatic rings. The number of benzene rings is 2. The number of carbonyl (C=O) groups excluding carboxylic acids is 1. The molecule has 0 aliphatic carbocycles. The van der Waals surface area contributed by atoms with E-state index in [-0.39, 0.29) is 5.13 Å². The van der Waals surface area contributed by atoms with Gasteiger partial charge in [-0.3, -0.25) is 10.1 Å². The van der Waals surface area contributed by atoms with E-state index in [4.69, 9.17) is 9.47 Å². The van der Waals surface area contributed by atoms with Crippen molar-refractivity contribution in [3.8, 4) is 11.5 Å². The smallest absolute Gasteiger partial charge is 0.263 e. The van der Waals surface area contributed by atoms with Crippen molar-refractivity contribution in [1.82, 2.24) is 4.98 Å². The third kappa shape index (κ3) is 2.88. The average Bonchev–Trinajstić information content (AvgIpc) is 2.94. The molecule has 0 saturated carbocycles. The van der Waals surface area contributed by atoms with Gasteiger partial charge in [0.2, 0.25) is 0 Å². The molecule has 0 radical (unpaired) electrons. The first kappa shape index (κ1) is 16.1. The molecule has 3 aromatic rings. The zero-order chi connectivity index (χ0) is 17.3. The molecule has 0 atom stereocenters. The van der Waals surface area contributed by atoms with Crippen molar-refractivity contribution < 1.29 is 23.0 Å². The Bertz CT molecular complexity index is 866. The highest BCUT2D eigenvalue weighted by atomic mass is 32.1. The minimum Gasteiger partial charge on any atom is -0.493 e. The molecule has 24 heavy (non-hydrogen) atoms. The summed E-state index contributed by atoms with van der Waals surface area (Å²) < 4.78 is 38.4. The Balaban J connectivity index is 1.94. The molecule has 1 aromatic heterocycles. The lowest BCUT2D eigenvalue weighted by Crippen LogP contribution is -2.15. The van der Waals surface area contributed by atoms with Gasteiger partial charge in [0.25, 0.3) is 5.91 Å². The predicted molar refractivity (Wildman–Crippen MR) is 87.0 cm³/mol. The summed E-state index contributed by atoms with van der Waals surface area (Å²) in [6.45, 7) is 0. The van der Waals surface area contributed by atoms with E-state index in [0.29, 0.717) is 17.0 Å². The number of methoxy groups -OCH3 is 2. The molecule has 2 aromatic carbocycles. The number of aromatic nitrogens is 1. The molecule has 8 heteroatoms. The van der Waals surface area contributed by atoms with Gasteiger partial charge in [0.15, 0.2) is 16.6 Å². The van der Waals surface area contributed by atoms with E-state index >= 15 is 0 Å². The lowest BCUT2D eigenvalue weighted by molar-refractivity contribution is 0.101. The number of halogens is 2. The van der Waals surface area contributed by atoms with E-state index in [9.17, 15) is 13.6 Å². The normalized spacial score (nSPS) is 10.7. The second-order valence-corrected chi connectivity index (χ2v) is 5.78. The molecule has 124 valence electrons. The zero-order valence-corrected chi connectivity index (χ0v) is 13.5. The van der Waals surface area contributed by atoms with E-state index in [1.54, 1.807) is 12.1 Å².